The van der Waals surface area contributed by atoms with Gasteiger partial charge in [0.1, 0.15) is 5.82 Å². The van der Waals surface area contributed by atoms with E-state index in [0.717, 1.165) is 36.3 Å². The van der Waals surface area contributed by atoms with Gasteiger partial charge in [0.15, 0.2) is 0 Å². The van der Waals surface area contributed by atoms with Gasteiger partial charge >= 0.3 is 0 Å². The molecule has 2 heterocycles. The molecule has 2 aromatic rings. The zero-order valence-electron chi connectivity index (χ0n) is 12.8. The van der Waals surface area contributed by atoms with Gasteiger partial charge in [0, 0.05) is 18.7 Å². The number of amides is 1. The molecule has 1 N–H and O–H groups in total. The molecule has 2 atom stereocenters. The Kier molecular flexibility index (Phi) is 4.36. The number of benzene rings is 1. The topological polar surface area (TPSA) is 56.1 Å². The maximum absolute atomic E-state index is 12.3. The Morgan fingerprint density at radius 1 is 1.55 bits per heavy atom. The zero-order chi connectivity index (χ0) is 15.7. The molecule has 22 heavy (non-hydrogen) atoms. The summed E-state index contributed by atoms with van der Waals surface area (Å²) in [6.07, 6.45) is 1.80. The summed E-state index contributed by atoms with van der Waals surface area (Å²) in [5, 5.41) is 3.64. The summed E-state index contributed by atoms with van der Waals surface area (Å²) in [6, 6.07) is 5.61. The number of ether oxygens (including phenoxy) is 1. The van der Waals surface area contributed by atoms with E-state index in [1.54, 1.807) is 0 Å². The molecule has 1 amide bonds. The van der Waals surface area contributed by atoms with Crippen molar-refractivity contribution in [1.82, 2.24) is 14.9 Å². The van der Waals surface area contributed by atoms with Crippen molar-refractivity contribution in [3.05, 3.63) is 29.0 Å². The molecule has 0 bridgehead atoms. The van der Waals surface area contributed by atoms with E-state index in [1.807, 2.05) is 36.7 Å². The molecule has 118 valence electrons. The number of nitrogens with zero attached hydrogens (tertiary/aromatic N) is 2. The fraction of sp³-hybridized carbons (Fsp3) is 0.500. The summed E-state index contributed by atoms with van der Waals surface area (Å²) in [6.45, 7) is 3.11. The maximum Gasteiger partial charge on any atom is 0.226 e. The van der Waals surface area contributed by atoms with Gasteiger partial charge < -0.3 is 14.6 Å². The average Bonchev–Trinajstić information content (AvgIpc) is 2.81. The van der Waals surface area contributed by atoms with E-state index in [1.165, 1.54) is 0 Å². The van der Waals surface area contributed by atoms with Crippen LogP contribution < -0.4 is 5.32 Å². The fourth-order valence-corrected chi connectivity index (χ4v) is 3.11. The summed E-state index contributed by atoms with van der Waals surface area (Å²) >= 11 is 5.99. The number of hydrogen-bond acceptors (Lipinski definition) is 3. The Balaban J connectivity index is 1.71. The Morgan fingerprint density at radius 2 is 2.36 bits per heavy atom. The zero-order valence-corrected chi connectivity index (χ0v) is 13.6. The van der Waals surface area contributed by atoms with Crippen molar-refractivity contribution >= 4 is 28.5 Å². The number of fused-ring (bicyclic) bond motifs is 1. The third-order valence-electron chi connectivity index (χ3n) is 4.30. The summed E-state index contributed by atoms with van der Waals surface area (Å²) in [5.74, 6) is 0.783. The van der Waals surface area contributed by atoms with Crippen molar-refractivity contribution in [3.8, 4) is 0 Å². The van der Waals surface area contributed by atoms with Crippen LogP contribution in [0.5, 0.6) is 0 Å². The van der Waals surface area contributed by atoms with Gasteiger partial charge in [-0.3, -0.25) is 4.79 Å². The molecule has 1 aliphatic heterocycles. The second-order valence-electron chi connectivity index (χ2n) is 5.76. The third-order valence-corrected chi connectivity index (χ3v) is 4.53. The van der Waals surface area contributed by atoms with Gasteiger partial charge in [-0.25, -0.2) is 4.98 Å². The van der Waals surface area contributed by atoms with Crippen LogP contribution >= 0.6 is 11.6 Å². The highest BCUT2D eigenvalue weighted by molar-refractivity contribution is 6.31. The standard InChI is InChI=1S/C16H20ClN3O2/c1-10-12(4-3-7-22-10)16(21)18-9-15-19-13-8-11(17)5-6-14(13)20(15)2/h5-6,8,10,12H,3-4,7,9H2,1-2H3,(H,18,21)/t10-,12-/m1/s1. The van der Waals surface area contributed by atoms with Gasteiger partial charge in [0.25, 0.3) is 0 Å². The second-order valence-corrected chi connectivity index (χ2v) is 6.20. The van der Waals surface area contributed by atoms with Gasteiger partial charge in [0.05, 0.1) is 29.6 Å². The largest absolute Gasteiger partial charge is 0.378 e. The lowest BCUT2D eigenvalue weighted by molar-refractivity contribution is -0.133. The van der Waals surface area contributed by atoms with Crippen LogP contribution in [0.4, 0.5) is 0 Å². The number of rotatable bonds is 3. The first-order valence-corrected chi connectivity index (χ1v) is 7.94. The van der Waals surface area contributed by atoms with Crippen molar-refractivity contribution in [1.29, 1.82) is 0 Å². The fourth-order valence-electron chi connectivity index (χ4n) is 2.95. The number of carbonyl (C=O) groups is 1. The molecule has 1 aliphatic rings. The van der Waals surface area contributed by atoms with Gasteiger partial charge in [-0.05, 0) is 38.0 Å². The van der Waals surface area contributed by atoms with E-state index in [4.69, 9.17) is 16.3 Å². The van der Waals surface area contributed by atoms with Crippen LogP contribution in [0.15, 0.2) is 18.2 Å². The van der Waals surface area contributed by atoms with Gasteiger partial charge in [-0.2, -0.15) is 0 Å². The number of nitrogens with one attached hydrogen (secondary N) is 1. The van der Waals surface area contributed by atoms with Crippen molar-refractivity contribution in [3.63, 3.8) is 0 Å². The molecule has 0 unspecified atom stereocenters. The van der Waals surface area contributed by atoms with Gasteiger partial charge in [0.2, 0.25) is 5.91 Å². The monoisotopic (exact) mass is 321 g/mol. The van der Waals surface area contributed by atoms with E-state index >= 15 is 0 Å². The summed E-state index contributed by atoms with van der Waals surface area (Å²) in [5.41, 5.74) is 1.84. The maximum atomic E-state index is 12.3. The van der Waals surface area contributed by atoms with Crippen LogP contribution in [0, 0.1) is 5.92 Å². The number of aryl methyl sites for hydroxylation is 1. The Morgan fingerprint density at radius 3 is 3.14 bits per heavy atom. The Labute approximate surface area is 134 Å². The lowest BCUT2D eigenvalue weighted by Crippen LogP contribution is -2.40. The van der Waals surface area contributed by atoms with E-state index in [-0.39, 0.29) is 17.9 Å². The molecule has 1 saturated heterocycles. The molecule has 3 rings (SSSR count). The first-order chi connectivity index (χ1) is 10.6. The summed E-state index contributed by atoms with van der Waals surface area (Å²) in [7, 11) is 1.94. The molecule has 0 aliphatic carbocycles. The van der Waals surface area contributed by atoms with E-state index in [9.17, 15) is 4.79 Å². The number of hydrogen-bond donors (Lipinski definition) is 1. The Bertz CT molecular complexity index is 698. The Hall–Kier alpha value is -1.59. The smallest absolute Gasteiger partial charge is 0.226 e. The predicted octanol–water partition coefficient (Wildman–Crippen LogP) is 2.66. The number of imidazole rings is 1. The molecule has 1 aromatic heterocycles. The minimum atomic E-state index is -0.0714. The minimum absolute atomic E-state index is 0.0204. The van der Waals surface area contributed by atoms with Crippen molar-refractivity contribution in [2.75, 3.05) is 6.61 Å². The van der Waals surface area contributed by atoms with Crippen LogP contribution in [0.2, 0.25) is 5.02 Å². The van der Waals surface area contributed by atoms with E-state index in [2.05, 4.69) is 10.3 Å². The van der Waals surface area contributed by atoms with Crippen LogP contribution in [0.3, 0.4) is 0 Å². The normalized spacial score (nSPS) is 22.0. The summed E-state index contributed by atoms with van der Waals surface area (Å²) in [4.78, 5) is 16.9. The highest BCUT2D eigenvalue weighted by Gasteiger charge is 2.28. The molecule has 1 fully saturated rings. The first-order valence-electron chi connectivity index (χ1n) is 7.56. The van der Waals surface area contributed by atoms with Crippen LogP contribution in [0.1, 0.15) is 25.6 Å². The SMILES string of the molecule is C[C@H]1OCCC[C@H]1C(=O)NCc1nc2cc(Cl)ccc2n1C. The van der Waals surface area contributed by atoms with Gasteiger partial charge in [-0.1, -0.05) is 11.6 Å². The number of aromatic nitrogens is 2. The second kappa shape index (κ2) is 6.26. The average molecular weight is 322 g/mol. The molecule has 5 nitrogen and oxygen atoms in total. The molecular formula is C16H20ClN3O2. The van der Waals surface area contributed by atoms with Gasteiger partial charge in [-0.15, -0.1) is 0 Å². The predicted molar refractivity (Wildman–Crippen MR) is 85.7 cm³/mol. The highest BCUT2D eigenvalue weighted by Crippen LogP contribution is 2.22. The van der Waals surface area contributed by atoms with Crippen molar-refractivity contribution < 1.29 is 9.53 Å². The molecule has 6 heteroatoms. The van der Waals surface area contributed by atoms with E-state index < -0.39 is 0 Å². The third kappa shape index (κ3) is 2.96. The van der Waals surface area contributed by atoms with Crippen molar-refractivity contribution in [2.45, 2.75) is 32.4 Å². The van der Waals surface area contributed by atoms with Crippen LogP contribution in [-0.4, -0.2) is 28.2 Å². The quantitative estimate of drug-likeness (QED) is 0.945. The number of halogens is 1. The van der Waals surface area contributed by atoms with E-state index in [0.29, 0.717) is 11.6 Å². The first kappa shape index (κ1) is 15.3. The van der Waals surface area contributed by atoms with Crippen molar-refractivity contribution in [2.24, 2.45) is 13.0 Å². The number of carbonyl (C=O) groups excluding carboxylic acids is 1. The molecule has 0 radical (unpaired) electrons. The molecule has 0 saturated carbocycles. The molecule has 1 aromatic carbocycles. The lowest BCUT2D eigenvalue weighted by atomic mass is 9.94. The molecular weight excluding hydrogens is 302 g/mol. The summed E-state index contributed by atoms with van der Waals surface area (Å²) < 4.78 is 7.53. The lowest BCUT2D eigenvalue weighted by Gasteiger charge is -2.27. The van der Waals surface area contributed by atoms with Crippen LogP contribution in [-0.2, 0) is 23.1 Å². The highest BCUT2D eigenvalue weighted by atomic mass is 35.5. The van der Waals surface area contributed by atoms with Crippen LogP contribution in [0.25, 0.3) is 11.0 Å². The molecule has 0 spiro atoms. The minimum Gasteiger partial charge on any atom is -0.378 e.